The lowest BCUT2D eigenvalue weighted by molar-refractivity contribution is -0.157. The van der Waals surface area contributed by atoms with Gasteiger partial charge in [0.1, 0.15) is 5.82 Å². The predicted octanol–water partition coefficient (Wildman–Crippen LogP) is 4.66. The van der Waals surface area contributed by atoms with Crippen molar-refractivity contribution in [3.63, 3.8) is 0 Å². The fourth-order valence-corrected chi connectivity index (χ4v) is 5.05. The fourth-order valence-electron chi connectivity index (χ4n) is 5.05. The molecular formula is C26H30FNO3. The lowest BCUT2D eigenvalue weighted by atomic mass is 9.79. The maximum absolute atomic E-state index is 13.3. The van der Waals surface area contributed by atoms with E-state index in [9.17, 15) is 14.0 Å². The zero-order valence-corrected chi connectivity index (χ0v) is 17.9. The van der Waals surface area contributed by atoms with Crippen LogP contribution in [0.5, 0.6) is 0 Å². The van der Waals surface area contributed by atoms with Gasteiger partial charge in [0.05, 0.1) is 5.41 Å². The molecule has 5 heteroatoms. The van der Waals surface area contributed by atoms with E-state index in [0.29, 0.717) is 31.8 Å². The van der Waals surface area contributed by atoms with Gasteiger partial charge in [0.2, 0.25) is 0 Å². The van der Waals surface area contributed by atoms with E-state index in [1.54, 1.807) is 12.1 Å². The molecule has 2 aliphatic rings. The third kappa shape index (κ3) is 4.97. The van der Waals surface area contributed by atoms with E-state index in [1.165, 1.54) is 17.7 Å². The number of hydrogen-bond donors (Lipinski definition) is 0. The van der Waals surface area contributed by atoms with Crippen LogP contribution in [-0.4, -0.2) is 36.5 Å². The molecule has 0 atom stereocenters. The Bertz CT molecular complexity index is 883. The second kappa shape index (κ2) is 9.63. The Morgan fingerprint density at radius 1 is 0.968 bits per heavy atom. The number of esters is 1. The Morgan fingerprint density at radius 3 is 2.26 bits per heavy atom. The van der Waals surface area contributed by atoms with Crippen molar-refractivity contribution in [1.29, 1.82) is 0 Å². The predicted molar refractivity (Wildman–Crippen MR) is 117 cm³/mol. The van der Waals surface area contributed by atoms with Crippen molar-refractivity contribution in [1.82, 2.24) is 4.90 Å². The number of carbonyl (C=O) groups is 2. The van der Waals surface area contributed by atoms with Crippen LogP contribution in [0.15, 0.2) is 54.6 Å². The van der Waals surface area contributed by atoms with Gasteiger partial charge in [-0.1, -0.05) is 55.3 Å². The van der Waals surface area contributed by atoms with Crippen molar-refractivity contribution in [2.75, 3.05) is 19.7 Å². The highest BCUT2D eigenvalue weighted by Crippen LogP contribution is 2.42. The van der Waals surface area contributed by atoms with E-state index in [2.05, 4.69) is 24.3 Å². The lowest BCUT2D eigenvalue weighted by Crippen LogP contribution is -2.42. The lowest BCUT2D eigenvalue weighted by Gasteiger charge is -2.32. The van der Waals surface area contributed by atoms with Crippen molar-refractivity contribution >= 4 is 11.9 Å². The molecule has 1 aliphatic heterocycles. The smallest absolute Gasteiger partial charge is 0.317 e. The van der Waals surface area contributed by atoms with Crippen molar-refractivity contribution in [3.8, 4) is 0 Å². The first kappa shape index (κ1) is 21.5. The summed E-state index contributed by atoms with van der Waals surface area (Å²) in [5.74, 6) is -0.229. The van der Waals surface area contributed by atoms with Crippen molar-refractivity contribution in [2.45, 2.75) is 50.4 Å². The zero-order chi connectivity index (χ0) is 21.7. The SMILES string of the molecule is O=C(COC(=O)C1(c2ccc(F)cc2)CCCC1)N1CCC(Cc2ccccc2)CC1. The minimum absolute atomic E-state index is 0.126. The first-order valence-corrected chi connectivity index (χ1v) is 11.3. The molecule has 0 radical (unpaired) electrons. The van der Waals surface area contributed by atoms with Gasteiger partial charge in [-0.15, -0.1) is 0 Å². The molecule has 1 aliphatic carbocycles. The molecule has 164 valence electrons. The number of carbonyl (C=O) groups excluding carboxylic acids is 2. The molecule has 1 saturated carbocycles. The van der Waals surface area contributed by atoms with Crippen molar-refractivity contribution in [3.05, 3.63) is 71.5 Å². The van der Waals surface area contributed by atoms with E-state index in [-0.39, 0.29) is 24.3 Å². The molecular weight excluding hydrogens is 393 g/mol. The molecule has 0 aromatic heterocycles. The molecule has 1 saturated heterocycles. The molecule has 2 fully saturated rings. The van der Waals surface area contributed by atoms with Gasteiger partial charge >= 0.3 is 5.97 Å². The van der Waals surface area contributed by atoms with Crippen LogP contribution >= 0.6 is 0 Å². The molecule has 2 aromatic rings. The van der Waals surface area contributed by atoms with E-state index < -0.39 is 5.41 Å². The van der Waals surface area contributed by atoms with Crippen LogP contribution in [0.3, 0.4) is 0 Å². The largest absolute Gasteiger partial charge is 0.455 e. The fraction of sp³-hybridized carbons (Fsp3) is 0.462. The summed E-state index contributed by atoms with van der Waals surface area (Å²) in [7, 11) is 0. The van der Waals surface area contributed by atoms with E-state index in [1.807, 2.05) is 11.0 Å². The first-order chi connectivity index (χ1) is 15.1. The Kier molecular flexibility index (Phi) is 6.69. The molecule has 31 heavy (non-hydrogen) atoms. The van der Waals surface area contributed by atoms with Crippen molar-refractivity contribution < 1.29 is 18.7 Å². The van der Waals surface area contributed by atoms with Gasteiger partial charge in [-0.25, -0.2) is 4.39 Å². The van der Waals surface area contributed by atoms with Gasteiger partial charge < -0.3 is 9.64 Å². The zero-order valence-electron chi connectivity index (χ0n) is 17.9. The Morgan fingerprint density at radius 2 is 1.61 bits per heavy atom. The van der Waals surface area contributed by atoms with E-state index in [0.717, 1.165) is 37.7 Å². The summed E-state index contributed by atoms with van der Waals surface area (Å²) in [4.78, 5) is 27.5. The minimum Gasteiger partial charge on any atom is -0.455 e. The van der Waals surface area contributed by atoms with E-state index in [4.69, 9.17) is 4.74 Å². The molecule has 2 aromatic carbocycles. The standard InChI is InChI=1S/C26H30FNO3/c27-23-10-8-22(9-11-23)26(14-4-5-15-26)25(30)31-19-24(29)28-16-12-21(13-17-28)18-20-6-2-1-3-7-20/h1-3,6-11,21H,4-5,12-19H2. The number of rotatable bonds is 6. The van der Waals surface area contributed by atoms with Gasteiger partial charge in [0.25, 0.3) is 5.91 Å². The van der Waals surface area contributed by atoms with Crippen molar-refractivity contribution in [2.24, 2.45) is 5.92 Å². The summed E-state index contributed by atoms with van der Waals surface area (Å²) in [6.07, 6.45) is 6.18. The quantitative estimate of drug-likeness (QED) is 0.635. The molecule has 0 bridgehead atoms. The molecule has 1 heterocycles. The normalized spacial score (nSPS) is 18.7. The summed E-state index contributed by atoms with van der Waals surface area (Å²) in [5.41, 5.74) is 1.37. The van der Waals surface area contributed by atoms with Crippen LogP contribution < -0.4 is 0 Å². The number of ether oxygens (including phenoxy) is 1. The van der Waals surface area contributed by atoms with E-state index >= 15 is 0 Å². The second-order valence-corrected chi connectivity index (χ2v) is 8.89. The Hall–Kier alpha value is -2.69. The number of nitrogens with zero attached hydrogens (tertiary/aromatic N) is 1. The summed E-state index contributed by atoms with van der Waals surface area (Å²) in [5, 5.41) is 0. The number of piperidine rings is 1. The molecule has 1 amide bonds. The third-order valence-corrected chi connectivity index (χ3v) is 6.91. The van der Waals surface area contributed by atoms with Gasteiger partial charge in [-0.05, 0) is 61.3 Å². The number of likely N-dealkylation sites (tertiary alicyclic amines) is 1. The van der Waals surface area contributed by atoms with Gasteiger partial charge in [0, 0.05) is 13.1 Å². The van der Waals surface area contributed by atoms with Crippen LogP contribution in [0.2, 0.25) is 0 Å². The molecule has 0 N–H and O–H groups in total. The van der Waals surface area contributed by atoms with Gasteiger partial charge in [0.15, 0.2) is 6.61 Å². The molecule has 4 nitrogen and oxygen atoms in total. The summed E-state index contributed by atoms with van der Waals surface area (Å²) in [6, 6.07) is 16.5. The van der Waals surface area contributed by atoms with Crippen LogP contribution in [0.1, 0.15) is 49.7 Å². The van der Waals surface area contributed by atoms with Gasteiger partial charge in [-0.2, -0.15) is 0 Å². The monoisotopic (exact) mass is 423 g/mol. The third-order valence-electron chi connectivity index (χ3n) is 6.91. The highest BCUT2D eigenvalue weighted by Gasteiger charge is 2.44. The molecule has 0 spiro atoms. The maximum atomic E-state index is 13.3. The van der Waals surface area contributed by atoms with Gasteiger partial charge in [-0.3, -0.25) is 9.59 Å². The molecule has 0 unspecified atom stereocenters. The number of halogens is 1. The summed E-state index contributed by atoms with van der Waals surface area (Å²) < 4.78 is 18.9. The highest BCUT2D eigenvalue weighted by molar-refractivity contribution is 5.86. The average Bonchev–Trinajstić information content (AvgIpc) is 3.30. The number of hydrogen-bond acceptors (Lipinski definition) is 3. The number of benzene rings is 2. The maximum Gasteiger partial charge on any atom is 0.317 e. The first-order valence-electron chi connectivity index (χ1n) is 11.3. The van der Waals surface area contributed by atoms with Crippen LogP contribution in [-0.2, 0) is 26.2 Å². The second-order valence-electron chi connectivity index (χ2n) is 8.89. The number of amides is 1. The highest BCUT2D eigenvalue weighted by atomic mass is 19.1. The van der Waals surface area contributed by atoms with Crippen LogP contribution in [0.25, 0.3) is 0 Å². The molecule has 4 rings (SSSR count). The summed E-state index contributed by atoms with van der Waals surface area (Å²) in [6.45, 7) is 1.19. The average molecular weight is 424 g/mol. The Balaban J connectivity index is 1.29. The Labute approximate surface area is 183 Å². The van der Waals surface area contributed by atoms with Crippen LogP contribution in [0.4, 0.5) is 4.39 Å². The minimum atomic E-state index is -0.753. The summed E-state index contributed by atoms with van der Waals surface area (Å²) >= 11 is 0. The van der Waals surface area contributed by atoms with Crippen LogP contribution in [0, 0.1) is 11.7 Å². The topological polar surface area (TPSA) is 46.6 Å².